The summed E-state index contributed by atoms with van der Waals surface area (Å²) in [5.41, 5.74) is 5.67. The second-order valence-corrected chi connectivity index (χ2v) is 4.99. The smallest absolute Gasteiger partial charge is 0.270 e. The van der Waals surface area contributed by atoms with Gasteiger partial charge < -0.3 is 11.1 Å². The molecular formula is C12H18FN3O. The van der Waals surface area contributed by atoms with Crippen molar-refractivity contribution in [2.24, 2.45) is 11.1 Å². The van der Waals surface area contributed by atoms with Crippen molar-refractivity contribution in [1.29, 1.82) is 0 Å². The molecule has 0 fully saturated rings. The van der Waals surface area contributed by atoms with Crippen molar-refractivity contribution >= 4 is 5.91 Å². The van der Waals surface area contributed by atoms with E-state index in [0.717, 1.165) is 6.20 Å². The van der Waals surface area contributed by atoms with Crippen LogP contribution in [-0.4, -0.2) is 23.5 Å². The standard InChI is InChI=1S/C12H18FN3O/c1-12(2,3)10(6-14)16-11(17)9-5-4-8(13)7-15-9/h4-5,7,10H,6,14H2,1-3H3,(H,16,17). The maximum atomic E-state index is 12.7. The quantitative estimate of drug-likeness (QED) is 0.836. The number of nitrogens with one attached hydrogen (secondary N) is 1. The average Bonchev–Trinajstić information content (AvgIpc) is 2.24. The highest BCUT2D eigenvalue weighted by atomic mass is 19.1. The van der Waals surface area contributed by atoms with Crippen LogP contribution in [0.2, 0.25) is 0 Å². The Morgan fingerprint density at radius 1 is 1.53 bits per heavy atom. The summed E-state index contributed by atoms with van der Waals surface area (Å²) in [4.78, 5) is 15.5. The van der Waals surface area contributed by atoms with Gasteiger partial charge in [0.05, 0.1) is 6.20 Å². The molecule has 4 nitrogen and oxygen atoms in total. The molecule has 1 aromatic heterocycles. The van der Waals surface area contributed by atoms with Crippen LogP contribution in [0.25, 0.3) is 0 Å². The van der Waals surface area contributed by atoms with Crippen molar-refractivity contribution in [3.8, 4) is 0 Å². The molecule has 0 saturated carbocycles. The molecule has 0 aliphatic carbocycles. The third-order valence-electron chi connectivity index (χ3n) is 2.55. The third-order valence-corrected chi connectivity index (χ3v) is 2.55. The molecule has 1 unspecified atom stereocenters. The first-order valence-electron chi connectivity index (χ1n) is 5.47. The summed E-state index contributed by atoms with van der Waals surface area (Å²) in [5, 5.41) is 2.79. The van der Waals surface area contributed by atoms with Gasteiger partial charge in [-0.2, -0.15) is 0 Å². The summed E-state index contributed by atoms with van der Waals surface area (Å²) >= 11 is 0. The number of nitrogens with two attached hydrogens (primary N) is 1. The molecule has 1 atom stereocenters. The molecule has 0 aliphatic heterocycles. The number of pyridine rings is 1. The van der Waals surface area contributed by atoms with Gasteiger partial charge in [0.1, 0.15) is 11.5 Å². The Bertz CT molecular complexity index is 384. The molecule has 1 rings (SSSR count). The second kappa shape index (κ2) is 5.23. The highest BCUT2D eigenvalue weighted by Gasteiger charge is 2.25. The Morgan fingerprint density at radius 3 is 2.59 bits per heavy atom. The van der Waals surface area contributed by atoms with Crippen molar-refractivity contribution in [2.45, 2.75) is 26.8 Å². The number of aromatic nitrogens is 1. The Balaban J connectivity index is 2.75. The number of nitrogens with zero attached hydrogens (tertiary/aromatic N) is 1. The van der Waals surface area contributed by atoms with Gasteiger partial charge in [-0.15, -0.1) is 0 Å². The highest BCUT2D eigenvalue weighted by molar-refractivity contribution is 5.92. The molecule has 3 N–H and O–H groups in total. The van der Waals surface area contributed by atoms with Crippen molar-refractivity contribution in [3.05, 3.63) is 29.8 Å². The molecule has 0 bridgehead atoms. The largest absolute Gasteiger partial charge is 0.346 e. The summed E-state index contributed by atoms with van der Waals surface area (Å²) in [5.74, 6) is -0.803. The maximum Gasteiger partial charge on any atom is 0.270 e. The average molecular weight is 239 g/mol. The van der Waals surface area contributed by atoms with Crippen LogP contribution in [0.4, 0.5) is 4.39 Å². The Kier molecular flexibility index (Phi) is 4.17. The van der Waals surface area contributed by atoms with Gasteiger partial charge in [-0.3, -0.25) is 4.79 Å². The van der Waals surface area contributed by atoms with Gasteiger partial charge in [0.25, 0.3) is 5.91 Å². The first-order valence-corrected chi connectivity index (χ1v) is 5.47. The van der Waals surface area contributed by atoms with E-state index in [1.54, 1.807) is 0 Å². The van der Waals surface area contributed by atoms with Gasteiger partial charge in [-0.1, -0.05) is 20.8 Å². The Labute approximate surface area is 100 Å². The molecule has 1 heterocycles. The number of hydrogen-bond donors (Lipinski definition) is 2. The van der Waals surface area contributed by atoms with Crippen LogP contribution in [0, 0.1) is 11.2 Å². The molecule has 0 saturated heterocycles. The number of rotatable bonds is 3. The molecule has 94 valence electrons. The number of carbonyl (C=O) groups excluding carboxylic acids is 1. The second-order valence-electron chi connectivity index (χ2n) is 4.99. The van der Waals surface area contributed by atoms with E-state index in [-0.39, 0.29) is 23.1 Å². The minimum Gasteiger partial charge on any atom is -0.346 e. The van der Waals surface area contributed by atoms with E-state index >= 15 is 0 Å². The van der Waals surface area contributed by atoms with Gasteiger partial charge in [-0.05, 0) is 17.5 Å². The highest BCUT2D eigenvalue weighted by Crippen LogP contribution is 2.18. The predicted molar refractivity (Wildman–Crippen MR) is 64.0 cm³/mol. The van der Waals surface area contributed by atoms with Gasteiger partial charge in [0, 0.05) is 12.6 Å². The van der Waals surface area contributed by atoms with Crippen LogP contribution in [0.3, 0.4) is 0 Å². The fourth-order valence-electron chi connectivity index (χ4n) is 1.37. The molecule has 0 aromatic carbocycles. The molecule has 1 aromatic rings. The van der Waals surface area contributed by atoms with Gasteiger partial charge in [-0.25, -0.2) is 9.37 Å². The maximum absolute atomic E-state index is 12.7. The lowest BCUT2D eigenvalue weighted by atomic mass is 9.86. The number of hydrogen-bond acceptors (Lipinski definition) is 3. The number of carbonyl (C=O) groups is 1. The summed E-state index contributed by atoms with van der Waals surface area (Å²) in [7, 11) is 0. The normalized spacial score (nSPS) is 13.2. The molecule has 5 heteroatoms. The third kappa shape index (κ3) is 3.78. The van der Waals surface area contributed by atoms with Crippen LogP contribution in [0.15, 0.2) is 18.3 Å². The van der Waals surface area contributed by atoms with Crippen molar-refractivity contribution in [1.82, 2.24) is 10.3 Å². The fraction of sp³-hybridized carbons (Fsp3) is 0.500. The van der Waals surface area contributed by atoms with Crippen molar-refractivity contribution < 1.29 is 9.18 Å². The van der Waals surface area contributed by atoms with E-state index in [4.69, 9.17) is 5.73 Å². The zero-order chi connectivity index (χ0) is 13.1. The number of halogens is 1. The van der Waals surface area contributed by atoms with E-state index in [1.165, 1.54) is 12.1 Å². The molecule has 0 aliphatic rings. The van der Waals surface area contributed by atoms with Crippen LogP contribution < -0.4 is 11.1 Å². The molecule has 1 amide bonds. The molecular weight excluding hydrogens is 221 g/mol. The van der Waals surface area contributed by atoms with Crippen molar-refractivity contribution in [3.63, 3.8) is 0 Å². The minimum atomic E-state index is -0.465. The topological polar surface area (TPSA) is 68.0 Å². The monoisotopic (exact) mass is 239 g/mol. The molecule has 17 heavy (non-hydrogen) atoms. The van der Waals surface area contributed by atoms with Crippen LogP contribution >= 0.6 is 0 Å². The van der Waals surface area contributed by atoms with Gasteiger partial charge >= 0.3 is 0 Å². The molecule has 0 spiro atoms. The fourth-order valence-corrected chi connectivity index (χ4v) is 1.37. The summed E-state index contributed by atoms with van der Waals surface area (Å²) in [6, 6.07) is 2.40. The van der Waals surface area contributed by atoms with Crippen LogP contribution in [-0.2, 0) is 0 Å². The minimum absolute atomic E-state index is 0.134. The van der Waals surface area contributed by atoms with Crippen LogP contribution in [0.1, 0.15) is 31.3 Å². The summed E-state index contributed by atoms with van der Waals surface area (Å²) < 4.78 is 12.7. The first kappa shape index (κ1) is 13.6. The first-order chi connectivity index (χ1) is 7.84. The zero-order valence-electron chi connectivity index (χ0n) is 10.3. The van der Waals surface area contributed by atoms with Gasteiger partial charge in [0.2, 0.25) is 0 Å². The number of amides is 1. The van der Waals surface area contributed by atoms with E-state index in [2.05, 4.69) is 10.3 Å². The summed E-state index contributed by atoms with van der Waals surface area (Å²) in [6.07, 6.45) is 1.02. The van der Waals surface area contributed by atoms with Crippen LogP contribution in [0.5, 0.6) is 0 Å². The lowest BCUT2D eigenvalue weighted by molar-refractivity contribution is 0.0900. The Morgan fingerprint density at radius 2 is 2.18 bits per heavy atom. The van der Waals surface area contributed by atoms with E-state index in [1.807, 2.05) is 20.8 Å². The lowest BCUT2D eigenvalue weighted by Gasteiger charge is -2.30. The SMILES string of the molecule is CC(C)(C)C(CN)NC(=O)c1ccc(F)cn1. The zero-order valence-corrected chi connectivity index (χ0v) is 10.3. The lowest BCUT2D eigenvalue weighted by Crippen LogP contribution is -2.48. The van der Waals surface area contributed by atoms with E-state index < -0.39 is 5.82 Å². The predicted octanol–water partition coefficient (Wildman–Crippen LogP) is 1.32. The van der Waals surface area contributed by atoms with E-state index in [0.29, 0.717) is 6.54 Å². The van der Waals surface area contributed by atoms with Gasteiger partial charge in [0.15, 0.2) is 0 Å². The van der Waals surface area contributed by atoms with E-state index in [9.17, 15) is 9.18 Å². The Hall–Kier alpha value is -1.49. The van der Waals surface area contributed by atoms with Crippen molar-refractivity contribution in [2.75, 3.05) is 6.54 Å². The summed E-state index contributed by atoms with van der Waals surface area (Å²) in [6.45, 7) is 6.31. The molecule has 0 radical (unpaired) electrons.